The van der Waals surface area contributed by atoms with Crippen LogP contribution < -0.4 is 4.74 Å². The highest BCUT2D eigenvalue weighted by Gasteiger charge is 2.20. The number of hydrogen-bond acceptors (Lipinski definition) is 7. The van der Waals surface area contributed by atoms with Gasteiger partial charge in [0.2, 0.25) is 5.88 Å². The van der Waals surface area contributed by atoms with E-state index in [1.807, 2.05) is 14.1 Å². The molecule has 37 heavy (non-hydrogen) atoms. The van der Waals surface area contributed by atoms with E-state index in [2.05, 4.69) is 25.3 Å². The molecule has 0 saturated carbocycles. The van der Waals surface area contributed by atoms with E-state index in [1.165, 1.54) is 0 Å². The Labute approximate surface area is 219 Å². The summed E-state index contributed by atoms with van der Waals surface area (Å²) >= 11 is 0. The van der Waals surface area contributed by atoms with E-state index < -0.39 is 0 Å². The molecular weight excluding hydrogens is 478 g/mol. The lowest BCUT2D eigenvalue weighted by Crippen LogP contribution is -2.35. The molecule has 2 aliphatic rings. The van der Waals surface area contributed by atoms with Crippen LogP contribution in [0.5, 0.6) is 5.88 Å². The molecule has 2 aliphatic heterocycles. The average molecular weight is 522 g/mol. The van der Waals surface area contributed by atoms with E-state index in [-0.39, 0.29) is 23.9 Å². The number of aromatic nitrogens is 2. The van der Waals surface area contributed by atoms with Crippen molar-refractivity contribution in [2.24, 2.45) is 10.2 Å². The monoisotopic (exact) mass is 521 g/mol. The molecule has 2 saturated heterocycles. The first-order valence-electron chi connectivity index (χ1n) is 13.3. The topological polar surface area (TPSA) is 133 Å². The van der Waals surface area contributed by atoms with Gasteiger partial charge in [-0.2, -0.15) is 0 Å². The van der Waals surface area contributed by atoms with E-state index in [0.717, 1.165) is 77.7 Å². The summed E-state index contributed by atoms with van der Waals surface area (Å²) in [6.45, 7) is 8.45. The lowest BCUT2D eigenvalue weighted by Gasteiger charge is -2.25. The van der Waals surface area contributed by atoms with E-state index in [4.69, 9.17) is 9.47 Å². The lowest BCUT2D eigenvalue weighted by atomic mass is 10.1. The summed E-state index contributed by atoms with van der Waals surface area (Å²) in [5.41, 5.74) is 0.709. The number of hydrogen-bond donors (Lipinski definition) is 1. The van der Waals surface area contributed by atoms with Gasteiger partial charge in [-0.3, -0.25) is 9.89 Å². The van der Waals surface area contributed by atoms with Crippen LogP contribution in [0.3, 0.4) is 0 Å². The quantitative estimate of drug-likeness (QED) is 0.310. The van der Waals surface area contributed by atoms with Gasteiger partial charge in [0.25, 0.3) is 0 Å². The van der Waals surface area contributed by atoms with Crippen molar-refractivity contribution in [2.75, 3.05) is 60.0 Å². The molecule has 1 unspecified atom stereocenters. The van der Waals surface area contributed by atoms with Gasteiger partial charge in [-0.05, 0) is 72.9 Å². The highest BCUT2D eigenvalue weighted by atomic mass is 16.5. The Hall–Kier alpha value is -3.02. The summed E-state index contributed by atoms with van der Waals surface area (Å²) in [5, 5.41) is 13.9. The number of nitrogens with zero attached hydrogens (tertiary/aromatic N) is 6. The second kappa shape index (κ2) is 16.7. The second-order valence-electron chi connectivity index (χ2n) is 9.50. The van der Waals surface area contributed by atoms with Crippen molar-refractivity contribution < 1.29 is 23.9 Å². The summed E-state index contributed by atoms with van der Waals surface area (Å²) in [6.07, 6.45) is 7.31. The molecule has 12 heteroatoms. The minimum atomic E-state index is -0.375. The number of carbonyl (C=O) groups excluding carboxylic acids is 3. The number of esters is 1. The standard InChI is InChI=1S/C13H23N3O3.C12H20N4O2/c1-5-18-13(17)10(2)11-9-12(15-14-11)19-8-6-7-16(3)4;17-11(15-7-3-1-4-8-15)13-14-12(18)16-9-5-2-6-10-16/h9-10H,5-8H2,1-4H3,(H,14,15);1-10H2/b;14-13+. The molecule has 0 bridgehead atoms. The Kier molecular flexibility index (Phi) is 13.6. The van der Waals surface area contributed by atoms with Gasteiger partial charge in [0, 0.05) is 38.8 Å². The highest BCUT2D eigenvalue weighted by Crippen LogP contribution is 2.19. The molecule has 1 aromatic heterocycles. The zero-order chi connectivity index (χ0) is 27.0. The number of ether oxygens (including phenoxy) is 2. The van der Waals surface area contributed by atoms with Gasteiger partial charge >= 0.3 is 18.0 Å². The van der Waals surface area contributed by atoms with Gasteiger partial charge in [0.15, 0.2) is 0 Å². The molecule has 3 rings (SSSR count). The molecule has 2 fully saturated rings. The van der Waals surface area contributed by atoms with Crippen molar-refractivity contribution in [3.63, 3.8) is 0 Å². The van der Waals surface area contributed by atoms with Gasteiger partial charge in [0.1, 0.15) is 0 Å². The van der Waals surface area contributed by atoms with Crippen molar-refractivity contribution >= 4 is 18.0 Å². The summed E-state index contributed by atoms with van der Waals surface area (Å²) in [4.78, 5) is 40.4. The molecule has 0 aliphatic carbocycles. The van der Waals surface area contributed by atoms with Crippen molar-refractivity contribution in [3.05, 3.63) is 11.8 Å². The fourth-order valence-electron chi connectivity index (χ4n) is 3.95. The number of H-pyrrole nitrogens is 1. The third-order valence-corrected chi connectivity index (χ3v) is 6.15. The fourth-order valence-corrected chi connectivity index (χ4v) is 3.95. The molecule has 1 atom stereocenters. The number of nitrogens with one attached hydrogen (secondary N) is 1. The number of likely N-dealkylation sites (tertiary alicyclic amines) is 2. The van der Waals surface area contributed by atoms with Crippen LogP contribution in [-0.4, -0.2) is 103 Å². The first-order valence-corrected chi connectivity index (χ1v) is 13.3. The Bertz CT molecular complexity index is 829. The largest absolute Gasteiger partial charge is 0.477 e. The third-order valence-electron chi connectivity index (χ3n) is 6.15. The number of rotatable bonds is 8. The number of azo groups is 1. The maximum Gasteiger partial charge on any atom is 0.362 e. The number of amides is 4. The van der Waals surface area contributed by atoms with Crippen molar-refractivity contribution in [1.82, 2.24) is 24.9 Å². The second-order valence-corrected chi connectivity index (χ2v) is 9.50. The Morgan fingerprint density at radius 2 is 1.54 bits per heavy atom. The van der Waals surface area contributed by atoms with Crippen LogP contribution in [0.15, 0.2) is 16.3 Å². The molecule has 4 amide bonds. The van der Waals surface area contributed by atoms with Crippen LogP contribution in [0.1, 0.15) is 70.4 Å². The van der Waals surface area contributed by atoms with Crippen molar-refractivity contribution in [3.8, 4) is 5.88 Å². The molecule has 0 radical (unpaired) electrons. The maximum atomic E-state index is 11.7. The van der Waals surface area contributed by atoms with Crippen molar-refractivity contribution in [1.29, 1.82) is 0 Å². The van der Waals surface area contributed by atoms with Crippen LogP contribution in [-0.2, 0) is 9.53 Å². The summed E-state index contributed by atoms with van der Waals surface area (Å²) < 4.78 is 10.5. The molecule has 12 nitrogen and oxygen atoms in total. The van der Waals surface area contributed by atoms with E-state index in [9.17, 15) is 14.4 Å². The highest BCUT2D eigenvalue weighted by molar-refractivity contribution is 5.80. The first-order chi connectivity index (χ1) is 17.8. The molecule has 1 N–H and O–H groups in total. The maximum absolute atomic E-state index is 11.7. The summed E-state index contributed by atoms with van der Waals surface area (Å²) in [7, 11) is 4.04. The van der Waals surface area contributed by atoms with E-state index >= 15 is 0 Å². The fraction of sp³-hybridized carbons (Fsp3) is 0.760. The summed E-state index contributed by atoms with van der Waals surface area (Å²) in [6, 6.07) is 0.997. The lowest BCUT2D eigenvalue weighted by molar-refractivity contribution is -0.144. The number of piperidine rings is 2. The smallest absolute Gasteiger partial charge is 0.362 e. The van der Waals surface area contributed by atoms with Crippen LogP contribution in [0.4, 0.5) is 9.59 Å². The third kappa shape index (κ3) is 11.3. The molecule has 1 aromatic rings. The number of urea groups is 2. The Morgan fingerprint density at radius 1 is 1.00 bits per heavy atom. The SMILES string of the molecule is CCOC(=O)C(C)c1cc(OCCCN(C)C)n[nH]1.O=C(/N=N/C(=O)N1CCCCC1)N1CCCCC1. The Balaban J connectivity index is 0.000000260. The summed E-state index contributed by atoms with van der Waals surface area (Å²) in [5.74, 6) is -0.0956. The van der Waals surface area contributed by atoms with Gasteiger partial charge in [-0.25, -0.2) is 9.59 Å². The molecule has 3 heterocycles. The van der Waals surface area contributed by atoms with Crippen LogP contribution in [0.2, 0.25) is 0 Å². The van der Waals surface area contributed by atoms with Gasteiger partial charge < -0.3 is 24.2 Å². The van der Waals surface area contributed by atoms with Crippen LogP contribution >= 0.6 is 0 Å². The minimum absolute atomic E-state index is 0.259. The van der Waals surface area contributed by atoms with Crippen LogP contribution in [0, 0.1) is 0 Å². The molecule has 208 valence electrons. The zero-order valence-electron chi connectivity index (χ0n) is 22.8. The van der Waals surface area contributed by atoms with E-state index in [1.54, 1.807) is 29.7 Å². The number of aromatic amines is 1. The van der Waals surface area contributed by atoms with Crippen molar-refractivity contribution in [2.45, 2.75) is 64.7 Å². The van der Waals surface area contributed by atoms with Gasteiger partial charge in [-0.1, -0.05) is 10.2 Å². The van der Waals surface area contributed by atoms with Gasteiger partial charge in [-0.15, -0.1) is 5.10 Å². The Morgan fingerprint density at radius 3 is 2.03 bits per heavy atom. The number of carbonyl (C=O) groups is 3. The van der Waals surface area contributed by atoms with E-state index in [0.29, 0.717) is 24.8 Å². The predicted molar refractivity (Wildman–Crippen MR) is 139 cm³/mol. The normalized spacial score (nSPS) is 16.8. The zero-order valence-corrected chi connectivity index (χ0v) is 22.8. The molecule has 0 aromatic carbocycles. The minimum Gasteiger partial charge on any atom is -0.477 e. The van der Waals surface area contributed by atoms with Crippen LogP contribution in [0.25, 0.3) is 0 Å². The molecule has 0 spiro atoms. The van der Waals surface area contributed by atoms with Gasteiger partial charge in [0.05, 0.1) is 24.8 Å². The molecular formula is C25H43N7O5. The average Bonchev–Trinajstić information content (AvgIpc) is 3.39. The predicted octanol–water partition coefficient (Wildman–Crippen LogP) is 4.06. The first kappa shape index (κ1) is 30.2.